The molecule has 5 atom stereocenters. The number of nitrogens with zero attached hydrogens (tertiary/aromatic N) is 1. The molecule has 2 saturated carbocycles. The first kappa shape index (κ1) is 21.7. The quantitative estimate of drug-likeness (QED) is 0.305. The Morgan fingerprint density at radius 1 is 1.30 bits per heavy atom. The Bertz CT molecular complexity index is 604. The third-order valence-electron chi connectivity index (χ3n) is 6.12. The predicted octanol–water partition coefficient (Wildman–Crippen LogP) is 3.97. The molecule has 0 amide bonds. The molecule has 0 radical (unpaired) electrons. The summed E-state index contributed by atoms with van der Waals surface area (Å²) in [6, 6.07) is 2.28. The molecule has 0 aliphatic heterocycles. The molecule has 0 bridgehead atoms. The third-order valence-corrected chi connectivity index (χ3v) is 6.12. The van der Waals surface area contributed by atoms with Crippen LogP contribution in [0.2, 0.25) is 0 Å². The van der Waals surface area contributed by atoms with E-state index in [-0.39, 0.29) is 18.4 Å². The smallest absolute Gasteiger partial charge is 0.303 e. The fourth-order valence-corrected chi connectivity index (χ4v) is 4.67. The van der Waals surface area contributed by atoms with Crippen molar-refractivity contribution >= 4 is 5.97 Å². The SMILES string of the molecule is CCCCC[C@H](O)/C=C/[C@@H]1[C@H]2C/C(=C(/C#N)CCCC(=O)O)C[C@@H]2C[C@H]1O. The molecule has 27 heavy (non-hydrogen) atoms. The van der Waals surface area contributed by atoms with E-state index in [1.54, 1.807) is 0 Å². The second kappa shape index (κ2) is 10.6. The van der Waals surface area contributed by atoms with E-state index < -0.39 is 12.1 Å². The second-order valence-electron chi connectivity index (χ2n) is 8.10. The molecular weight excluding hydrogens is 342 g/mol. The molecule has 0 aromatic rings. The molecule has 2 fully saturated rings. The summed E-state index contributed by atoms with van der Waals surface area (Å²) in [7, 11) is 0. The number of allylic oxidation sites excluding steroid dienone is 2. The number of hydrogen-bond acceptors (Lipinski definition) is 4. The first-order chi connectivity index (χ1) is 13.0. The van der Waals surface area contributed by atoms with Gasteiger partial charge in [0.2, 0.25) is 0 Å². The first-order valence-electron chi connectivity index (χ1n) is 10.3. The van der Waals surface area contributed by atoms with Gasteiger partial charge in [-0.05, 0) is 50.4 Å². The van der Waals surface area contributed by atoms with Gasteiger partial charge in [0.05, 0.1) is 18.3 Å². The van der Waals surface area contributed by atoms with Crippen molar-refractivity contribution in [3.05, 3.63) is 23.3 Å². The number of nitriles is 1. The highest BCUT2D eigenvalue weighted by Gasteiger charge is 2.45. The highest BCUT2D eigenvalue weighted by Crippen LogP contribution is 2.51. The number of carbonyl (C=O) groups is 1. The van der Waals surface area contributed by atoms with E-state index in [4.69, 9.17) is 5.11 Å². The van der Waals surface area contributed by atoms with Crippen LogP contribution in [0.1, 0.15) is 71.1 Å². The monoisotopic (exact) mass is 375 g/mol. The van der Waals surface area contributed by atoms with E-state index in [2.05, 4.69) is 13.0 Å². The van der Waals surface area contributed by atoms with Crippen LogP contribution in [0.3, 0.4) is 0 Å². The Balaban J connectivity index is 1.96. The van der Waals surface area contributed by atoms with Gasteiger partial charge in [0.15, 0.2) is 0 Å². The summed E-state index contributed by atoms with van der Waals surface area (Å²) in [6.45, 7) is 2.14. The Kier molecular flexibility index (Phi) is 8.53. The third kappa shape index (κ3) is 6.19. The maximum Gasteiger partial charge on any atom is 0.303 e. The number of carboxylic acids is 1. The average molecular weight is 376 g/mol. The first-order valence-corrected chi connectivity index (χ1v) is 10.3. The van der Waals surface area contributed by atoms with Crippen LogP contribution in [-0.2, 0) is 4.79 Å². The van der Waals surface area contributed by atoms with E-state index >= 15 is 0 Å². The van der Waals surface area contributed by atoms with Crippen molar-refractivity contribution in [1.82, 2.24) is 0 Å². The maximum absolute atomic E-state index is 10.7. The summed E-state index contributed by atoms with van der Waals surface area (Å²) in [4.78, 5) is 10.7. The van der Waals surface area contributed by atoms with Gasteiger partial charge < -0.3 is 15.3 Å². The van der Waals surface area contributed by atoms with Crippen LogP contribution in [0.15, 0.2) is 23.3 Å². The maximum atomic E-state index is 10.7. The summed E-state index contributed by atoms with van der Waals surface area (Å²) in [5, 5.41) is 38.8. The van der Waals surface area contributed by atoms with Gasteiger partial charge in [0.1, 0.15) is 0 Å². The van der Waals surface area contributed by atoms with Gasteiger partial charge in [0.25, 0.3) is 0 Å². The number of rotatable bonds is 10. The summed E-state index contributed by atoms with van der Waals surface area (Å²) in [5.41, 5.74) is 1.88. The predicted molar refractivity (Wildman–Crippen MR) is 104 cm³/mol. The lowest BCUT2D eigenvalue weighted by molar-refractivity contribution is -0.137. The molecule has 0 aromatic heterocycles. The minimum absolute atomic E-state index is 0.0345. The van der Waals surface area contributed by atoms with E-state index in [0.29, 0.717) is 24.7 Å². The molecular formula is C22H33NO4. The molecule has 3 N–H and O–H groups in total. The van der Waals surface area contributed by atoms with Crippen LogP contribution in [0, 0.1) is 29.1 Å². The van der Waals surface area contributed by atoms with E-state index in [1.165, 1.54) is 0 Å². The van der Waals surface area contributed by atoms with Gasteiger partial charge in [-0.15, -0.1) is 0 Å². The van der Waals surface area contributed by atoms with Crippen molar-refractivity contribution in [2.75, 3.05) is 0 Å². The molecule has 2 aliphatic carbocycles. The van der Waals surface area contributed by atoms with Crippen molar-refractivity contribution in [3.8, 4) is 6.07 Å². The van der Waals surface area contributed by atoms with Crippen LogP contribution < -0.4 is 0 Å². The van der Waals surface area contributed by atoms with Gasteiger partial charge in [0, 0.05) is 17.9 Å². The molecule has 0 saturated heterocycles. The molecule has 0 spiro atoms. The minimum atomic E-state index is -0.827. The van der Waals surface area contributed by atoms with Crippen LogP contribution >= 0.6 is 0 Å². The fourth-order valence-electron chi connectivity index (χ4n) is 4.67. The average Bonchev–Trinajstić information content (AvgIpc) is 3.14. The Morgan fingerprint density at radius 2 is 2.07 bits per heavy atom. The molecule has 150 valence electrons. The van der Waals surface area contributed by atoms with E-state index in [1.807, 2.05) is 12.2 Å². The lowest BCUT2D eigenvalue weighted by Crippen LogP contribution is -2.17. The highest BCUT2D eigenvalue weighted by molar-refractivity contribution is 5.66. The highest BCUT2D eigenvalue weighted by atomic mass is 16.4. The van der Waals surface area contributed by atoms with Crippen molar-refractivity contribution in [1.29, 1.82) is 5.26 Å². The summed E-state index contributed by atoms with van der Waals surface area (Å²) in [5.74, 6) is -0.0969. The zero-order valence-corrected chi connectivity index (χ0v) is 16.3. The number of aliphatic hydroxyl groups excluding tert-OH is 2. The van der Waals surface area contributed by atoms with Crippen molar-refractivity contribution in [3.63, 3.8) is 0 Å². The number of carboxylic acid groups (broad SMARTS) is 1. The number of unbranched alkanes of at least 4 members (excludes halogenated alkanes) is 2. The fraction of sp³-hybridized carbons (Fsp3) is 0.727. The van der Waals surface area contributed by atoms with Crippen LogP contribution in [0.4, 0.5) is 0 Å². The minimum Gasteiger partial charge on any atom is -0.481 e. The zero-order valence-electron chi connectivity index (χ0n) is 16.3. The Hall–Kier alpha value is -1.64. The van der Waals surface area contributed by atoms with Crippen LogP contribution in [0.5, 0.6) is 0 Å². The second-order valence-corrected chi connectivity index (χ2v) is 8.10. The standard InChI is InChI=1S/C22H33NO4/c1-2-3-4-7-18(24)9-10-19-20-12-16(11-17(20)13-21(19)25)15(14-23)6-5-8-22(26)27/h9-10,17-21,24-25H,2-8,11-13H2,1H3,(H,26,27)/b10-9+,16-15+/t17-,18+,19-,20+,21-/m1/s1. The normalized spacial score (nSPS) is 30.3. The van der Waals surface area contributed by atoms with Crippen LogP contribution in [-0.4, -0.2) is 33.5 Å². The van der Waals surface area contributed by atoms with Gasteiger partial charge in [-0.1, -0.05) is 43.9 Å². The number of aliphatic hydroxyl groups is 2. The Morgan fingerprint density at radius 3 is 2.74 bits per heavy atom. The molecule has 5 heteroatoms. The van der Waals surface area contributed by atoms with Gasteiger partial charge in [-0.25, -0.2) is 0 Å². The largest absolute Gasteiger partial charge is 0.481 e. The molecule has 2 rings (SSSR count). The molecule has 0 aromatic carbocycles. The molecule has 5 nitrogen and oxygen atoms in total. The van der Waals surface area contributed by atoms with E-state index in [0.717, 1.165) is 56.1 Å². The van der Waals surface area contributed by atoms with Crippen molar-refractivity contribution < 1.29 is 20.1 Å². The molecule has 0 heterocycles. The van der Waals surface area contributed by atoms with Gasteiger partial charge in [-0.2, -0.15) is 5.26 Å². The summed E-state index contributed by atoms with van der Waals surface area (Å²) in [6.07, 6.45) is 10.5. The lowest BCUT2D eigenvalue weighted by atomic mass is 9.89. The van der Waals surface area contributed by atoms with Gasteiger partial charge >= 0.3 is 5.97 Å². The van der Waals surface area contributed by atoms with Crippen molar-refractivity contribution in [2.45, 2.75) is 83.3 Å². The number of hydrogen-bond donors (Lipinski definition) is 3. The molecule has 2 aliphatic rings. The number of fused-ring (bicyclic) bond motifs is 1. The van der Waals surface area contributed by atoms with E-state index in [9.17, 15) is 20.3 Å². The number of aliphatic carboxylic acids is 1. The summed E-state index contributed by atoms with van der Waals surface area (Å²) < 4.78 is 0. The van der Waals surface area contributed by atoms with Crippen molar-refractivity contribution in [2.24, 2.45) is 17.8 Å². The topological polar surface area (TPSA) is 102 Å². The zero-order chi connectivity index (χ0) is 19.8. The summed E-state index contributed by atoms with van der Waals surface area (Å²) >= 11 is 0. The van der Waals surface area contributed by atoms with Crippen LogP contribution in [0.25, 0.3) is 0 Å². The Labute approximate surface area is 162 Å². The molecule has 0 unspecified atom stereocenters. The van der Waals surface area contributed by atoms with Gasteiger partial charge in [-0.3, -0.25) is 4.79 Å². The lowest BCUT2D eigenvalue weighted by Gasteiger charge is -2.18.